The molecule has 1 aromatic heterocycles. The molecular weight excluding hydrogens is 274 g/mol. The molecule has 0 unspecified atom stereocenters. The molecule has 2 amide bonds. The van der Waals surface area contributed by atoms with Crippen molar-refractivity contribution in [3.63, 3.8) is 0 Å². The third-order valence-corrected chi connectivity index (χ3v) is 3.87. The summed E-state index contributed by atoms with van der Waals surface area (Å²) in [6.07, 6.45) is 2.64. The standard InChI is InChI=1S/C14H19N3O4/c1-14(20)5-10(6-14)17-12-9(7-16-13(17)19)4-11(8-15-12)21-3-2-18/h4,8,10,18,20H,2-3,5-7H2,1H3,(H,16,19)/t10-,14+. The Hall–Kier alpha value is -1.86. The number of carbonyl (C=O) groups is 1. The largest absolute Gasteiger partial charge is 0.490 e. The molecule has 2 heterocycles. The topological polar surface area (TPSA) is 94.9 Å². The van der Waals surface area contributed by atoms with Gasteiger partial charge in [0.1, 0.15) is 18.2 Å². The Bertz CT molecular complexity index is 553. The van der Waals surface area contributed by atoms with E-state index in [0.29, 0.717) is 31.0 Å². The summed E-state index contributed by atoms with van der Waals surface area (Å²) in [7, 11) is 0. The highest BCUT2D eigenvalue weighted by molar-refractivity contribution is 5.94. The second kappa shape index (κ2) is 5.16. The van der Waals surface area contributed by atoms with Crippen LogP contribution in [0.4, 0.5) is 10.6 Å². The Balaban J connectivity index is 1.83. The summed E-state index contributed by atoms with van der Waals surface area (Å²) in [5.41, 5.74) is 0.170. The molecule has 0 radical (unpaired) electrons. The van der Waals surface area contributed by atoms with Crippen molar-refractivity contribution in [2.24, 2.45) is 0 Å². The van der Waals surface area contributed by atoms with Crippen LogP contribution in [0.5, 0.6) is 5.75 Å². The molecule has 1 aliphatic heterocycles. The molecule has 3 rings (SSSR count). The highest BCUT2D eigenvalue weighted by Crippen LogP contribution is 2.39. The third kappa shape index (κ3) is 2.66. The molecule has 0 bridgehead atoms. The molecule has 1 saturated carbocycles. The monoisotopic (exact) mass is 293 g/mol. The molecule has 0 atom stereocenters. The van der Waals surface area contributed by atoms with Crippen LogP contribution in [0.15, 0.2) is 12.3 Å². The summed E-state index contributed by atoms with van der Waals surface area (Å²) in [6.45, 7) is 2.32. The number of anilines is 1. The lowest BCUT2D eigenvalue weighted by atomic mass is 9.76. The number of carbonyl (C=O) groups excluding carboxylic acids is 1. The quantitative estimate of drug-likeness (QED) is 0.747. The summed E-state index contributed by atoms with van der Waals surface area (Å²) < 4.78 is 5.33. The van der Waals surface area contributed by atoms with E-state index >= 15 is 0 Å². The number of hydrogen-bond acceptors (Lipinski definition) is 5. The zero-order chi connectivity index (χ0) is 15.0. The lowest BCUT2D eigenvalue weighted by molar-refractivity contribution is -0.0292. The van der Waals surface area contributed by atoms with Crippen molar-refractivity contribution in [1.29, 1.82) is 0 Å². The Morgan fingerprint density at radius 3 is 3.00 bits per heavy atom. The van der Waals surface area contributed by atoms with Crippen molar-refractivity contribution in [2.45, 2.75) is 38.0 Å². The molecule has 0 spiro atoms. The van der Waals surface area contributed by atoms with Gasteiger partial charge in [0, 0.05) is 18.2 Å². The normalized spacial score (nSPS) is 27.7. The smallest absolute Gasteiger partial charge is 0.323 e. The molecule has 1 aliphatic carbocycles. The fourth-order valence-electron chi connectivity index (χ4n) is 2.90. The van der Waals surface area contributed by atoms with Crippen LogP contribution in [-0.4, -0.2) is 46.1 Å². The lowest BCUT2D eigenvalue weighted by Crippen LogP contribution is -2.59. The van der Waals surface area contributed by atoms with Gasteiger partial charge in [-0.3, -0.25) is 4.90 Å². The SMILES string of the molecule is C[C@]1(O)C[C@@H](N2C(=O)NCc3cc(OCCO)cnc32)C1. The van der Waals surface area contributed by atoms with Gasteiger partial charge < -0.3 is 20.3 Å². The van der Waals surface area contributed by atoms with Crippen LogP contribution in [0.2, 0.25) is 0 Å². The van der Waals surface area contributed by atoms with E-state index in [9.17, 15) is 9.90 Å². The maximum absolute atomic E-state index is 12.1. The van der Waals surface area contributed by atoms with Crippen LogP contribution in [-0.2, 0) is 6.54 Å². The number of ether oxygens (including phenoxy) is 1. The van der Waals surface area contributed by atoms with Gasteiger partial charge in [0.15, 0.2) is 0 Å². The van der Waals surface area contributed by atoms with Crippen LogP contribution in [0.3, 0.4) is 0 Å². The zero-order valence-electron chi connectivity index (χ0n) is 11.9. The number of nitrogens with zero attached hydrogens (tertiary/aromatic N) is 2. The molecule has 114 valence electrons. The van der Waals surface area contributed by atoms with E-state index in [4.69, 9.17) is 9.84 Å². The summed E-state index contributed by atoms with van der Waals surface area (Å²) in [5.74, 6) is 1.19. The van der Waals surface area contributed by atoms with Crippen LogP contribution < -0.4 is 15.0 Å². The van der Waals surface area contributed by atoms with Crippen molar-refractivity contribution in [3.8, 4) is 5.75 Å². The van der Waals surface area contributed by atoms with Crippen LogP contribution in [0.1, 0.15) is 25.3 Å². The minimum atomic E-state index is -0.702. The average Bonchev–Trinajstić information content (AvgIpc) is 2.42. The minimum absolute atomic E-state index is 0.0317. The first-order valence-electron chi connectivity index (χ1n) is 7.02. The van der Waals surface area contributed by atoms with Crippen molar-refractivity contribution in [3.05, 3.63) is 17.8 Å². The van der Waals surface area contributed by atoms with Gasteiger partial charge in [0.25, 0.3) is 0 Å². The molecule has 1 fully saturated rings. The second-order valence-electron chi connectivity index (χ2n) is 5.81. The highest BCUT2D eigenvalue weighted by Gasteiger charge is 2.45. The number of aromatic nitrogens is 1. The van der Waals surface area contributed by atoms with E-state index in [-0.39, 0.29) is 25.3 Å². The first kappa shape index (κ1) is 14.1. The number of fused-ring (bicyclic) bond motifs is 1. The number of hydrogen-bond donors (Lipinski definition) is 3. The number of pyridine rings is 1. The lowest BCUT2D eigenvalue weighted by Gasteiger charge is -2.47. The molecular formula is C14H19N3O4. The Kier molecular flexibility index (Phi) is 3.46. The van der Waals surface area contributed by atoms with E-state index in [2.05, 4.69) is 10.3 Å². The number of aliphatic hydroxyl groups excluding tert-OH is 1. The molecule has 0 aromatic carbocycles. The average molecular weight is 293 g/mol. The number of urea groups is 1. The van der Waals surface area contributed by atoms with Crippen molar-refractivity contribution >= 4 is 11.8 Å². The minimum Gasteiger partial charge on any atom is -0.490 e. The fourth-order valence-corrected chi connectivity index (χ4v) is 2.90. The number of nitrogens with one attached hydrogen (secondary N) is 1. The molecule has 2 aliphatic rings. The Morgan fingerprint density at radius 1 is 1.57 bits per heavy atom. The van der Waals surface area contributed by atoms with E-state index < -0.39 is 5.60 Å². The summed E-state index contributed by atoms with van der Waals surface area (Å²) in [6, 6.07) is 1.61. The van der Waals surface area contributed by atoms with Crippen LogP contribution in [0.25, 0.3) is 0 Å². The van der Waals surface area contributed by atoms with Crippen molar-refractivity contribution < 1.29 is 19.7 Å². The summed E-state index contributed by atoms with van der Waals surface area (Å²) in [4.78, 5) is 18.0. The number of amides is 2. The molecule has 7 nitrogen and oxygen atoms in total. The summed E-state index contributed by atoms with van der Waals surface area (Å²) >= 11 is 0. The Morgan fingerprint density at radius 2 is 2.33 bits per heavy atom. The van der Waals surface area contributed by atoms with Gasteiger partial charge in [-0.2, -0.15) is 0 Å². The fraction of sp³-hybridized carbons (Fsp3) is 0.571. The molecule has 21 heavy (non-hydrogen) atoms. The van der Waals surface area contributed by atoms with Gasteiger partial charge in [-0.25, -0.2) is 9.78 Å². The van der Waals surface area contributed by atoms with E-state index in [1.807, 2.05) is 6.07 Å². The predicted octanol–water partition coefficient (Wildman–Crippen LogP) is 0.396. The predicted molar refractivity (Wildman–Crippen MR) is 75.2 cm³/mol. The van der Waals surface area contributed by atoms with Gasteiger partial charge in [0.05, 0.1) is 18.4 Å². The van der Waals surface area contributed by atoms with E-state index in [0.717, 1.165) is 5.56 Å². The van der Waals surface area contributed by atoms with Gasteiger partial charge >= 0.3 is 6.03 Å². The first-order chi connectivity index (χ1) is 10.00. The Labute approximate surface area is 122 Å². The maximum Gasteiger partial charge on any atom is 0.323 e. The highest BCUT2D eigenvalue weighted by atomic mass is 16.5. The van der Waals surface area contributed by atoms with E-state index in [1.165, 1.54) is 0 Å². The van der Waals surface area contributed by atoms with Crippen molar-refractivity contribution in [2.75, 3.05) is 18.1 Å². The van der Waals surface area contributed by atoms with Crippen LogP contribution in [0, 0.1) is 0 Å². The van der Waals surface area contributed by atoms with Gasteiger partial charge in [0.2, 0.25) is 0 Å². The van der Waals surface area contributed by atoms with Crippen LogP contribution >= 0.6 is 0 Å². The third-order valence-electron chi connectivity index (χ3n) is 3.87. The molecule has 1 aromatic rings. The van der Waals surface area contributed by atoms with Gasteiger partial charge in [-0.05, 0) is 25.8 Å². The molecule has 7 heteroatoms. The van der Waals surface area contributed by atoms with Gasteiger partial charge in [-0.1, -0.05) is 0 Å². The maximum atomic E-state index is 12.1. The second-order valence-corrected chi connectivity index (χ2v) is 5.81. The van der Waals surface area contributed by atoms with Crippen molar-refractivity contribution in [1.82, 2.24) is 10.3 Å². The van der Waals surface area contributed by atoms with E-state index in [1.54, 1.807) is 18.0 Å². The zero-order valence-corrected chi connectivity index (χ0v) is 11.9. The molecule has 3 N–H and O–H groups in total. The summed E-state index contributed by atoms with van der Waals surface area (Å²) in [5, 5.41) is 21.4. The first-order valence-corrected chi connectivity index (χ1v) is 7.02. The van der Waals surface area contributed by atoms with Gasteiger partial charge in [-0.15, -0.1) is 0 Å². The number of rotatable bonds is 4. The molecule has 0 saturated heterocycles. The number of aliphatic hydroxyl groups is 2.